The van der Waals surface area contributed by atoms with Crippen LogP contribution in [0.25, 0.3) is 10.2 Å². The molecule has 134 valence electrons. The van der Waals surface area contributed by atoms with Crippen molar-refractivity contribution in [2.24, 2.45) is 0 Å². The normalized spacial score (nSPS) is 14.8. The van der Waals surface area contributed by atoms with Crippen LogP contribution in [0, 0.1) is 0 Å². The number of rotatable bonds is 5. The highest BCUT2D eigenvalue weighted by atomic mass is 32.2. The molecular formula is C17H21N3O3S2. The number of thioether (sulfide) groups is 1. The van der Waals surface area contributed by atoms with Crippen LogP contribution in [0.5, 0.6) is 5.75 Å². The van der Waals surface area contributed by atoms with Crippen molar-refractivity contribution in [3.8, 4) is 5.75 Å². The van der Waals surface area contributed by atoms with E-state index in [1.165, 1.54) is 6.92 Å². The number of piperazine rings is 1. The van der Waals surface area contributed by atoms with Crippen molar-refractivity contribution < 1.29 is 14.3 Å². The monoisotopic (exact) mass is 379 g/mol. The molecule has 0 spiro atoms. The third kappa shape index (κ3) is 4.24. The molecule has 1 aromatic carbocycles. The summed E-state index contributed by atoms with van der Waals surface area (Å²) in [6.07, 6.45) is 0. The molecule has 3 rings (SSSR count). The van der Waals surface area contributed by atoms with Gasteiger partial charge in [-0.15, -0.1) is 0 Å². The standard InChI is InChI=1S/C17H21N3O3S2/c1-3-23-13-5-4-6-14-16(13)18-17(25-14)20-9-7-19(8-10-20)15(22)11-24-12(2)21/h4-6H,3,7-11H2,1-2H3. The summed E-state index contributed by atoms with van der Waals surface area (Å²) in [4.78, 5) is 31.9. The van der Waals surface area contributed by atoms with Gasteiger partial charge in [0, 0.05) is 33.1 Å². The summed E-state index contributed by atoms with van der Waals surface area (Å²) in [5, 5.41) is 0.943. The first-order valence-electron chi connectivity index (χ1n) is 8.27. The summed E-state index contributed by atoms with van der Waals surface area (Å²) in [5.41, 5.74) is 0.903. The van der Waals surface area contributed by atoms with Crippen LogP contribution >= 0.6 is 23.1 Å². The van der Waals surface area contributed by atoms with Crippen LogP contribution < -0.4 is 9.64 Å². The fourth-order valence-corrected chi connectivity index (χ4v) is 4.26. The van der Waals surface area contributed by atoms with Gasteiger partial charge in [0.2, 0.25) is 5.91 Å². The van der Waals surface area contributed by atoms with E-state index in [9.17, 15) is 9.59 Å². The Labute approximate surface area is 155 Å². The van der Waals surface area contributed by atoms with Gasteiger partial charge < -0.3 is 14.5 Å². The lowest BCUT2D eigenvalue weighted by atomic mass is 10.3. The Balaban J connectivity index is 1.65. The van der Waals surface area contributed by atoms with Gasteiger partial charge in [-0.1, -0.05) is 29.2 Å². The Morgan fingerprint density at radius 2 is 2.04 bits per heavy atom. The minimum Gasteiger partial charge on any atom is -0.492 e. The van der Waals surface area contributed by atoms with Crippen molar-refractivity contribution in [3.05, 3.63) is 18.2 Å². The first-order valence-corrected chi connectivity index (χ1v) is 10.1. The zero-order chi connectivity index (χ0) is 17.8. The summed E-state index contributed by atoms with van der Waals surface area (Å²) in [7, 11) is 0. The van der Waals surface area contributed by atoms with Crippen molar-refractivity contribution >= 4 is 49.5 Å². The number of benzene rings is 1. The van der Waals surface area contributed by atoms with E-state index in [1.807, 2.05) is 24.0 Å². The number of aromatic nitrogens is 1. The summed E-state index contributed by atoms with van der Waals surface area (Å²) in [5.74, 6) is 1.08. The SMILES string of the molecule is CCOc1cccc2sc(N3CCN(C(=O)CSC(C)=O)CC3)nc12. The number of nitrogens with zero attached hydrogens (tertiary/aromatic N) is 3. The molecule has 0 aliphatic carbocycles. The van der Waals surface area contributed by atoms with Crippen LogP contribution in [0.4, 0.5) is 5.13 Å². The van der Waals surface area contributed by atoms with Crippen LogP contribution in [-0.2, 0) is 9.59 Å². The molecule has 1 aromatic heterocycles. The molecule has 6 nitrogen and oxygen atoms in total. The van der Waals surface area contributed by atoms with Crippen LogP contribution in [0.3, 0.4) is 0 Å². The number of carbonyl (C=O) groups excluding carboxylic acids is 2. The summed E-state index contributed by atoms with van der Waals surface area (Å²) >= 11 is 2.72. The predicted molar refractivity (Wildman–Crippen MR) is 103 cm³/mol. The lowest BCUT2D eigenvalue weighted by molar-refractivity contribution is -0.128. The number of anilines is 1. The van der Waals surface area contributed by atoms with Gasteiger partial charge in [-0.05, 0) is 19.1 Å². The Kier molecular flexibility index (Phi) is 5.80. The quantitative estimate of drug-likeness (QED) is 0.796. The van der Waals surface area contributed by atoms with Crippen LogP contribution in [-0.4, -0.2) is 59.4 Å². The third-order valence-corrected chi connectivity index (χ3v) is 5.85. The molecule has 0 unspecified atom stereocenters. The van der Waals surface area contributed by atoms with Crippen molar-refractivity contribution in [1.29, 1.82) is 0 Å². The molecule has 0 N–H and O–H groups in total. The Hall–Kier alpha value is -1.80. The second-order valence-corrected chi connectivity index (χ2v) is 7.84. The highest BCUT2D eigenvalue weighted by Gasteiger charge is 2.23. The Morgan fingerprint density at radius 1 is 1.28 bits per heavy atom. The third-order valence-electron chi connectivity index (χ3n) is 3.97. The van der Waals surface area contributed by atoms with E-state index in [0.717, 1.165) is 45.9 Å². The first kappa shape index (κ1) is 18.0. The number of para-hydroxylation sites is 1. The maximum absolute atomic E-state index is 12.1. The molecule has 25 heavy (non-hydrogen) atoms. The highest BCUT2D eigenvalue weighted by Crippen LogP contribution is 2.34. The summed E-state index contributed by atoms with van der Waals surface area (Å²) < 4.78 is 6.77. The van der Waals surface area contributed by atoms with Crippen LogP contribution in [0.2, 0.25) is 0 Å². The van der Waals surface area contributed by atoms with Crippen LogP contribution in [0.15, 0.2) is 18.2 Å². The second kappa shape index (κ2) is 8.05. The van der Waals surface area contributed by atoms with E-state index in [2.05, 4.69) is 11.0 Å². The average molecular weight is 380 g/mol. The van der Waals surface area contributed by atoms with Crippen molar-refractivity contribution in [2.75, 3.05) is 43.4 Å². The number of amides is 1. The lowest BCUT2D eigenvalue weighted by Crippen LogP contribution is -2.49. The second-order valence-electron chi connectivity index (χ2n) is 5.68. The molecular weight excluding hydrogens is 358 g/mol. The zero-order valence-electron chi connectivity index (χ0n) is 14.4. The van der Waals surface area contributed by atoms with Gasteiger partial charge in [0.15, 0.2) is 10.2 Å². The maximum atomic E-state index is 12.1. The molecule has 2 aromatic rings. The predicted octanol–water partition coefficient (Wildman–Crippen LogP) is 2.62. The number of ether oxygens (including phenoxy) is 1. The molecule has 2 heterocycles. The van der Waals surface area contributed by atoms with Gasteiger partial charge in [-0.2, -0.15) is 0 Å². The Morgan fingerprint density at radius 3 is 2.72 bits per heavy atom. The molecule has 8 heteroatoms. The largest absolute Gasteiger partial charge is 0.492 e. The summed E-state index contributed by atoms with van der Waals surface area (Å²) in [6.45, 7) is 6.88. The van der Waals surface area contributed by atoms with Gasteiger partial charge in [0.25, 0.3) is 0 Å². The minimum atomic E-state index is -0.0217. The van der Waals surface area contributed by atoms with Crippen molar-refractivity contribution in [2.45, 2.75) is 13.8 Å². The van der Waals surface area contributed by atoms with E-state index in [-0.39, 0.29) is 16.8 Å². The number of hydrogen-bond acceptors (Lipinski definition) is 7. The lowest BCUT2D eigenvalue weighted by Gasteiger charge is -2.34. The first-order chi connectivity index (χ1) is 12.1. The fraction of sp³-hybridized carbons (Fsp3) is 0.471. The molecule has 0 radical (unpaired) electrons. The zero-order valence-corrected chi connectivity index (χ0v) is 16.0. The van der Waals surface area contributed by atoms with E-state index >= 15 is 0 Å². The summed E-state index contributed by atoms with van der Waals surface area (Å²) in [6, 6.07) is 5.98. The number of thiazole rings is 1. The minimum absolute atomic E-state index is 0.0217. The van der Waals surface area contributed by atoms with Gasteiger partial charge in [0.1, 0.15) is 11.3 Å². The maximum Gasteiger partial charge on any atom is 0.233 e. The smallest absolute Gasteiger partial charge is 0.233 e. The fourth-order valence-electron chi connectivity index (χ4n) is 2.72. The molecule has 0 saturated carbocycles. The number of carbonyl (C=O) groups is 2. The molecule has 1 fully saturated rings. The molecule has 1 aliphatic heterocycles. The van der Waals surface area contributed by atoms with Gasteiger partial charge in [-0.25, -0.2) is 4.98 Å². The molecule has 1 amide bonds. The van der Waals surface area contributed by atoms with Gasteiger partial charge >= 0.3 is 0 Å². The van der Waals surface area contributed by atoms with Crippen molar-refractivity contribution in [1.82, 2.24) is 9.88 Å². The molecule has 1 aliphatic rings. The van der Waals surface area contributed by atoms with E-state index in [0.29, 0.717) is 19.7 Å². The highest BCUT2D eigenvalue weighted by molar-refractivity contribution is 8.14. The topological polar surface area (TPSA) is 62.7 Å². The molecule has 0 bridgehead atoms. The average Bonchev–Trinajstić information content (AvgIpc) is 3.05. The van der Waals surface area contributed by atoms with Gasteiger partial charge in [-0.3, -0.25) is 9.59 Å². The number of hydrogen-bond donors (Lipinski definition) is 0. The Bertz CT molecular complexity index is 770. The van der Waals surface area contributed by atoms with Crippen LogP contribution in [0.1, 0.15) is 13.8 Å². The molecule has 0 atom stereocenters. The van der Waals surface area contributed by atoms with E-state index in [1.54, 1.807) is 11.3 Å². The van der Waals surface area contributed by atoms with E-state index in [4.69, 9.17) is 9.72 Å². The van der Waals surface area contributed by atoms with Gasteiger partial charge in [0.05, 0.1) is 17.1 Å². The number of fused-ring (bicyclic) bond motifs is 1. The van der Waals surface area contributed by atoms with E-state index < -0.39 is 0 Å². The molecule has 1 saturated heterocycles. The van der Waals surface area contributed by atoms with Crippen molar-refractivity contribution in [3.63, 3.8) is 0 Å².